The maximum absolute atomic E-state index is 9.53. The lowest BCUT2D eigenvalue weighted by Crippen LogP contribution is -2.20. The summed E-state index contributed by atoms with van der Waals surface area (Å²) in [7, 11) is 0. The van der Waals surface area contributed by atoms with Crippen LogP contribution in [-0.2, 0) is 0 Å². The van der Waals surface area contributed by atoms with Gasteiger partial charge in [0.1, 0.15) is 5.01 Å². The zero-order valence-corrected chi connectivity index (χ0v) is 14.0. The first-order chi connectivity index (χ1) is 11.3. The molecule has 1 atom stereocenters. The number of hydrogen-bond acceptors (Lipinski definition) is 4. The number of nitrogens with zero attached hydrogens (tertiary/aromatic N) is 1. The molecule has 3 nitrogen and oxygen atoms in total. The van der Waals surface area contributed by atoms with E-state index in [0.717, 1.165) is 27.5 Å². The maximum Gasteiger partial charge on any atom is 0.124 e. The van der Waals surface area contributed by atoms with E-state index >= 15 is 0 Å². The van der Waals surface area contributed by atoms with Gasteiger partial charge in [0.2, 0.25) is 0 Å². The molecule has 0 radical (unpaired) electrons. The van der Waals surface area contributed by atoms with Crippen LogP contribution >= 0.6 is 22.9 Å². The second kappa shape index (κ2) is 7.59. The van der Waals surface area contributed by atoms with Crippen molar-refractivity contribution in [3.05, 3.63) is 60.0 Å². The molecule has 3 rings (SSSR count). The van der Waals surface area contributed by atoms with E-state index in [1.807, 2.05) is 42.5 Å². The van der Waals surface area contributed by atoms with Crippen molar-refractivity contribution in [3.8, 4) is 21.8 Å². The van der Waals surface area contributed by atoms with Crippen LogP contribution in [0.2, 0.25) is 0 Å². The van der Waals surface area contributed by atoms with E-state index in [4.69, 9.17) is 16.6 Å². The van der Waals surface area contributed by atoms with Crippen molar-refractivity contribution in [1.29, 1.82) is 0 Å². The van der Waals surface area contributed by atoms with Gasteiger partial charge in [-0.3, -0.25) is 0 Å². The summed E-state index contributed by atoms with van der Waals surface area (Å²) in [6.45, 7) is 0.431. The van der Waals surface area contributed by atoms with Crippen LogP contribution in [0.15, 0.2) is 60.0 Å². The highest BCUT2D eigenvalue weighted by Crippen LogP contribution is 2.30. The molecule has 3 aromatic rings. The van der Waals surface area contributed by atoms with Crippen LogP contribution in [0.25, 0.3) is 21.8 Å². The molecule has 0 aliphatic carbocycles. The van der Waals surface area contributed by atoms with Crippen molar-refractivity contribution in [2.24, 2.45) is 0 Å². The number of aliphatic hydroxyl groups excluding tert-OH is 1. The molecule has 0 saturated heterocycles. The third-order valence-electron chi connectivity index (χ3n) is 3.40. The minimum Gasteiger partial charge on any atom is -0.390 e. The van der Waals surface area contributed by atoms with Gasteiger partial charge in [-0.2, -0.15) is 0 Å². The summed E-state index contributed by atoms with van der Waals surface area (Å²) in [5.74, 6) is 0.222. The molecule has 1 unspecified atom stereocenters. The number of aliphatic hydroxyl groups is 1. The Bertz CT molecular complexity index is 760. The van der Waals surface area contributed by atoms with Gasteiger partial charge < -0.3 is 10.4 Å². The Kier molecular flexibility index (Phi) is 5.28. The largest absolute Gasteiger partial charge is 0.390 e. The molecule has 2 N–H and O–H groups in total. The summed E-state index contributed by atoms with van der Waals surface area (Å²) in [6, 6.07) is 18.2. The minimum absolute atomic E-state index is 0.222. The standard InChI is InChI=1S/C18H17ClN2OS/c19-10-16(22)11-20-15-8-4-7-14(9-15)18-21-17(12-23-18)13-5-2-1-3-6-13/h1-9,12,16,20,22H,10-11H2. The Morgan fingerprint density at radius 2 is 1.87 bits per heavy atom. The number of rotatable bonds is 6. The van der Waals surface area contributed by atoms with Gasteiger partial charge >= 0.3 is 0 Å². The highest BCUT2D eigenvalue weighted by molar-refractivity contribution is 7.13. The number of nitrogens with one attached hydrogen (secondary N) is 1. The summed E-state index contributed by atoms with van der Waals surface area (Å²) in [4.78, 5) is 4.72. The molecule has 0 aliphatic rings. The van der Waals surface area contributed by atoms with E-state index in [-0.39, 0.29) is 5.88 Å². The Balaban J connectivity index is 1.78. The van der Waals surface area contributed by atoms with Crippen LogP contribution in [0.5, 0.6) is 0 Å². The lowest BCUT2D eigenvalue weighted by Gasteiger charge is -2.10. The van der Waals surface area contributed by atoms with Crippen LogP contribution in [0.4, 0.5) is 5.69 Å². The molecule has 0 fully saturated rings. The number of anilines is 1. The van der Waals surface area contributed by atoms with Gasteiger partial charge in [0.05, 0.1) is 17.7 Å². The fourth-order valence-electron chi connectivity index (χ4n) is 2.20. The molecule has 5 heteroatoms. The molecule has 0 aliphatic heterocycles. The SMILES string of the molecule is OC(CCl)CNc1cccc(-c2nc(-c3ccccc3)cs2)c1. The van der Waals surface area contributed by atoms with E-state index in [9.17, 15) is 5.11 Å². The number of halogens is 1. The quantitative estimate of drug-likeness (QED) is 0.648. The lowest BCUT2D eigenvalue weighted by molar-refractivity contribution is 0.211. The van der Waals surface area contributed by atoms with Crippen molar-refractivity contribution in [2.75, 3.05) is 17.7 Å². The average Bonchev–Trinajstić information content (AvgIpc) is 3.11. The topological polar surface area (TPSA) is 45.1 Å². The van der Waals surface area contributed by atoms with E-state index in [2.05, 4.69) is 22.8 Å². The minimum atomic E-state index is -0.551. The van der Waals surface area contributed by atoms with Gasteiger partial charge in [0.25, 0.3) is 0 Å². The molecule has 23 heavy (non-hydrogen) atoms. The summed E-state index contributed by atoms with van der Waals surface area (Å²) in [5, 5.41) is 15.8. The van der Waals surface area contributed by atoms with E-state index in [0.29, 0.717) is 6.54 Å². The number of thiazole rings is 1. The van der Waals surface area contributed by atoms with E-state index < -0.39 is 6.10 Å². The van der Waals surface area contributed by atoms with Crippen LogP contribution in [0.3, 0.4) is 0 Å². The van der Waals surface area contributed by atoms with Crippen LogP contribution in [0.1, 0.15) is 0 Å². The molecule has 0 amide bonds. The third kappa shape index (κ3) is 4.10. The molecular formula is C18H17ClN2OS. The fourth-order valence-corrected chi connectivity index (χ4v) is 3.14. The zero-order valence-electron chi connectivity index (χ0n) is 12.4. The highest BCUT2D eigenvalue weighted by Gasteiger charge is 2.07. The summed E-state index contributed by atoms with van der Waals surface area (Å²) >= 11 is 7.23. The molecule has 2 aromatic carbocycles. The van der Waals surface area contributed by atoms with Gasteiger partial charge in [-0.15, -0.1) is 22.9 Å². The molecule has 1 aromatic heterocycles. The first-order valence-corrected chi connectivity index (χ1v) is 8.77. The van der Waals surface area contributed by atoms with Crippen molar-refractivity contribution < 1.29 is 5.11 Å². The first kappa shape index (κ1) is 16.0. The monoisotopic (exact) mass is 344 g/mol. The second-order valence-corrected chi connectivity index (χ2v) is 6.34. The van der Waals surface area contributed by atoms with Gasteiger partial charge in [0.15, 0.2) is 0 Å². The summed E-state index contributed by atoms with van der Waals surface area (Å²) in [5.41, 5.74) is 4.11. The predicted octanol–water partition coefficient (Wildman–Crippen LogP) is 4.49. The summed E-state index contributed by atoms with van der Waals surface area (Å²) < 4.78 is 0. The Labute approximate surface area is 144 Å². The van der Waals surface area contributed by atoms with Crippen LogP contribution < -0.4 is 5.32 Å². The van der Waals surface area contributed by atoms with Gasteiger partial charge in [-0.25, -0.2) is 4.98 Å². The van der Waals surface area contributed by atoms with Crippen molar-refractivity contribution in [2.45, 2.75) is 6.10 Å². The molecule has 0 bridgehead atoms. The van der Waals surface area contributed by atoms with E-state index in [1.54, 1.807) is 11.3 Å². The fraction of sp³-hybridized carbons (Fsp3) is 0.167. The average molecular weight is 345 g/mol. The number of alkyl halides is 1. The third-order valence-corrected chi connectivity index (χ3v) is 4.65. The summed E-state index contributed by atoms with van der Waals surface area (Å²) in [6.07, 6.45) is -0.551. The maximum atomic E-state index is 9.53. The van der Waals surface area contributed by atoms with Crippen LogP contribution in [-0.4, -0.2) is 28.6 Å². The van der Waals surface area contributed by atoms with Crippen molar-refractivity contribution in [3.63, 3.8) is 0 Å². The van der Waals surface area contributed by atoms with Crippen molar-refractivity contribution in [1.82, 2.24) is 4.98 Å². The number of aromatic nitrogens is 1. The van der Waals surface area contributed by atoms with Gasteiger partial charge in [-0.1, -0.05) is 42.5 Å². The molecule has 1 heterocycles. The Morgan fingerprint density at radius 1 is 1.09 bits per heavy atom. The van der Waals surface area contributed by atoms with Gasteiger partial charge in [-0.05, 0) is 12.1 Å². The zero-order chi connectivity index (χ0) is 16.1. The smallest absolute Gasteiger partial charge is 0.124 e. The molecular weight excluding hydrogens is 328 g/mol. The molecule has 0 spiro atoms. The Morgan fingerprint density at radius 3 is 2.65 bits per heavy atom. The first-order valence-electron chi connectivity index (χ1n) is 7.35. The lowest BCUT2D eigenvalue weighted by atomic mass is 10.2. The number of hydrogen-bond donors (Lipinski definition) is 2. The van der Waals surface area contributed by atoms with E-state index in [1.165, 1.54) is 0 Å². The van der Waals surface area contributed by atoms with Gasteiger partial charge in [0, 0.05) is 28.7 Å². The van der Waals surface area contributed by atoms with Crippen molar-refractivity contribution >= 4 is 28.6 Å². The van der Waals surface area contributed by atoms with Crippen LogP contribution in [0, 0.1) is 0 Å². The normalized spacial score (nSPS) is 12.1. The Hall–Kier alpha value is -1.88. The highest BCUT2D eigenvalue weighted by atomic mass is 35.5. The molecule has 118 valence electrons. The predicted molar refractivity (Wildman–Crippen MR) is 98.2 cm³/mol. The second-order valence-electron chi connectivity index (χ2n) is 5.17. The number of benzene rings is 2. The molecule has 0 saturated carbocycles.